The van der Waals surface area contributed by atoms with Gasteiger partial charge in [0.25, 0.3) is 0 Å². The molecular weight excluding hydrogens is 262 g/mol. The first kappa shape index (κ1) is 12.8. The highest BCUT2D eigenvalue weighted by Gasteiger charge is 2.30. The van der Waals surface area contributed by atoms with Crippen LogP contribution >= 0.6 is 11.6 Å². The molecule has 1 aromatic rings. The van der Waals surface area contributed by atoms with E-state index in [-0.39, 0.29) is 6.10 Å². The Kier molecular flexibility index (Phi) is 4.04. The summed E-state index contributed by atoms with van der Waals surface area (Å²) in [7, 11) is -3.41. The predicted molar refractivity (Wildman–Crippen MR) is 65.7 cm³/mol. The zero-order valence-electron chi connectivity index (χ0n) is 9.25. The number of morpholine rings is 1. The maximum absolute atomic E-state index is 12.3. The van der Waals surface area contributed by atoms with Gasteiger partial charge in [0.2, 0.25) is 10.0 Å². The van der Waals surface area contributed by atoms with Crippen LogP contribution in [0.25, 0.3) is 0 Å². The first-order valence-electron chi connectivity index (χ1n) is 5.37. The second-order valence-electron chi connectivity index (χ2n) is 3.82. The second-order valence-corrected chi connectivity index (χ2v) is 6.07. The second kappa shape index (κ2) is 5.35. The summed E-state index contributed by atoms with van der Waals surface area (Å²) in [5.41, 5.74) is 0. The van der Waals surface area contributed by atoms with Gasteiger partial charge < -0.3 is 4.74 Å². The van der Waals surface area contributed by atoms with Crippen LogP contribution in [0.15, 0.2) is 35.2 Å². The maximum Gasteiger partial charge on any atom is 0.243 e. The quantitative estimate of drug-likeness (QED) is 0.782. The fraction of sp³-hybridized carbons (Fsp3) is 0.455. The third kappa shape index (κ3) is 2.80. The highest BCUT2D eigenvalue weighted by atomic mass is 35.5. The standard InChI is InChI=1S/C11H14ClNO3S/c12-8-10-9-13(6-7-16-10)17(14,15)11-4-2-1-3-5-11/h1-5,10H,6-9H2. The first-order chi connectivity index (χ1) is 8.14. The zero-order chi connectivity index (χ0) is 12.3. The Balaban J connectivity index is 2.21. The van der Waals surface area contributed by atoms with E-state index >= 15 is 0 Å². The minimum atomic E-state index is -3.41. The molecule has 0 aromatic heterocycles. The first-order valence-corrected chi connectivity index (χ1v) is 7.35. The molecule has 6 heteroatoms. The van der Waals surface area contributed by atoms with Crippen molar-refractivity contribution in [3.05, 3.63) is 30.3 Å². The van der Waals surface area contributed by atoms with E-state index in [9.17, 15) is 8.42 Å². The van der Waals surface area contributed by atoms with Gasteiger partial charge in [0, 0.05) is 19.0 Å². The molecule has 1 heterocycles. The van der Waals surface area contributed by atoms with E-state index < -0.39 is 10.0 Å². The molecule has 1 atom stereocenters. The predicted octanol–water partition coefficient (Wildman–Crippen LogP) is 1.31. The Morgan fingerprint density at radius 1 is 1.35 bits per heavy atom. The Bertz CT molecular complexity index is 463. The summed E-state index contributed by atoms with van der Waals surface area (Å²) in [4.78, 5) is 0.315. The van der Waals surface area contributed by atoms with E-state index in [0.29, 0.717) is 30.5 Å². The minimum absolute atomic E-state index is 0.219. The van der Waals surface area contributed by atoms with Crippen LogP contribution in [0.5, 0.6) is 0 Å². The molecule has 0 radical (unpaired) electrons. The van der Waals surface area contributed by atoms with Crippen molar-refractivity contribution in [3.63, 3.8) is 0 Å². The van der Waals surface area contributed by atoms with Gasteiger partial charge in [0.05, 0.1) is 17.6 Å². The molecule has 0 bridgehead atoms. The molecule has 1 unspecified atom stereocenters. The van der Waals surface area contributed by atoms with Crippen molar-refractivity contribution in [1.82, 2.24) is 4.31 Å². The normalized spacial score (nSPS) is 22.5. The number of halogens is 1. The van der Waals surface area contributed by atoms with Gasteiger partial charge in [0.1, 0.15) is 0 Å². The maximum atomic E-state index is 12.3. The molecule has 0 amide bonds. The van der Waals surface area contributed by atoms with Crippen molar-refractivity contribution in [1.29, 1.82) is 0 Å². The Labute approximate surface area is 106 Å². The number of hydrogen-bond donors (Lipinski definition) is 0. The summed E-state index contributed by atoms with van der Waals surface area (Å²) < 4.78 is 31.3. The van der Waals surface area contributed by atoms with Gasteiger partial charge in [-0.3, -0.25) is 0 Å². The molecule has 0 aliphatic carbocycles. The Hall–Kier alpha value is -0.620. The lowest BCUT2D eigenvalue weighted by Gasteiger charge is -2.31. The lowest BCUT2D eigenvalue weighted by molar-refractivity contribution is 0.0122. The zero-order valence-corrected chi connectivity index (χ0v) is 10.8. The molecule has 0 saturated carbocycles. The van der Waals surface area contributed by atoms with Crippen molar-refractivity contribution >= 4 is 21.6 Å². The monoisotopic (exact) mass is 275 g/mol. The van der Waals surface area contributed by atoms with Crippen LogP contribution in [-0.2, 0) is 14.8 Å². The highest BCUT2D eigenvalue weighted by molar-refractivity contribution is 7.89. The van der Waals surface area contributed by atoms with Crippen LogP contribution in [0, 0.1) is 0 Å². The largest absolute Gasteiger partial charge is 0.374 e. The average molecular weight is 276 g/mol. The number of alkyl halides is 1. The lowest BCUT2D eigenvalue weighted by atomic mass is 10.3. The van der Waals surface area contributed by atoms with E-state index in [1.165, 1.54) is 4.31 Å². The van der Waals surface area contributed by atoms with E-state index in [1.54, 1.807) is 30.3 Å². The fourth-order valence-corrected chi connectivity index (χ4v) is 3.41. The van der Waals surface area contributed by atoms with E-state index in [4.69, 9.17) is 16.3 Å². The van der Waals surface area contributed by atoms with Crippen LogP contribution in [0.2, 0.25) is 0 Å². The average Bonchev–Trinajstić information content (AvgIpc) is 2.40. The molecule has 1 aliphatic rings. The van der Waals surface area contributed by atoms with Crippen LogP contribution in [0.3, 0.4) is 0 Å². The highest BCUT2D eigenvalue weighted by Crippen LogP contribution is 2.18. The summed E-state index contributed by atoms with van der Waals surface area (Å²) in [6.07, 6.45) is -0.219. The number of ether oxygens (including phenoxy) is 1. The summed E-state index contributed by atoms with van der Waals surface area (Å²) in [6.45, 7) is 1.09. The topological polar surface area (TPSA) is 46.6 Å². The Morgan fingerprint density at radius 2 is 2.06 bits per heavy atom. The Morgan fingerprint density at radius 3 is 2.71 bits per heavy atom. The smallest absolute Gasteiger partial charge is 0.243 e. The van der Waals surface area contributed by atoms with Crippen molar-refractivity contribution in [3.8, 4) is 0 Å². The summed E-state index contributed by atoms with van der Waals surface area (Å²) in [5.74, 6) is 0.306. The number of hydrogen-bond acceptors (Lipinski definition) is 3. The number of rotatable bonds is 3. The fourth-order valence-electron chi connectivity index (χ4n) is 1.75. The molecule has 0 spiro atoms. The van der Waals surface area contributed by atoms with Crippen LogP contribution < -0.4 is 0 Å². The minimum Gasteiger partial charge on any atom is -0.374 e. The van der Waals surface area contributed by atoms with Crippen LogP contribution in [0.4, 0.5) is 0 Å². The number of nitrogens with zero attached hydrogens (tertiary/aromatic N) is 1. The van der Waals surface area contributed by atoms with Gasteiger partial charge in [-0.25, -0.2) is 8.42 Å². The van der Waals surface area contributed by atoms with Crippen molar-refractivity contribution in [2.24, 2.45) is 0 Å². The third-order valence-electron chi connectivity index (χ3n) is 2.65. The molecule has 17 heavy (non-hydrogen) atoms. The molecule has 4 nitrogen and oxygen atoms in total. The van der Waals surface area contributed by atoms with Gasteiger partial charge in [-0.2, -0.15) is 4.31 Å². The summed E-state index contributed by atoms with van der Waals surface area (Å²) >= 11 is 5.70. The van der Waals surface area contributed by atoms with Gasteiger partial charge in [-0.15, -0.1) is 11.6 Å². The van der Waals surface area contributed by atoms with Gasteiger partial charge in [-0.05, 0) is 12.1 Å². The van der Waals surface area contributed by atoms with Crippen molar-refractivity contribution in [2.45, 2.75) is 11.0 Å². The molecule has 1 saturated heterocycles. The molecule has 2 rings (SSSR count). The summed E-state index contributed by atoms with van der Waals surface area (Å²) in [5, 5.41) is 0. The van der Waals surface area contributed by atoms with Crippen molar-refractivity contribution < 1.29 is 13.2 Å². The molecule has 0 N–H and O–H groups in total. The van der Waals surface area contributed by atoms with E-state index in [0.717, 1.165) is 0 Å². The summed E-state index contributed by atoms with van der Waals surface area (Å²) in [6, 6.07) is 8.42. The van der Waals surface area contributed by atoms with Gasteiger partial charge in [0.15, 0.2) is 0 Å². The lowest BCUT2D eigenvalue weighted by Crippen LogP contribution is -2.46. The third-order valence-corrected chi connectivity index (χ3v) is 4.88. The van der Waals surface area contributed by atoms with E-state index in [2.05, 4.69) is 0 Å². The SMILES string of the molecule is O=S(=O)(c1ccccc1)N1CCOC(CCl)C1. The molecule has 94 valence electrons. The molecular formula is C11H14ClNO3S. The molecule has 1 aromatic carbocycles. The van der Waals surface area contributed by atoms with Gasteiger partial charge in [-0.1, -0.05) is 18.2 Å². The van der Waals surface area contributed by atoms with Gasteiger partial charge >= 0.3 is 0 Å². The van der Waals surface area contributed by atoms with Crippen LogP contribution in [-0.4, -0.2) is 44.4 Å². The van der Waals surface area contributed by atoms with E-state index in [1.807, 2.05) is 0 Å². The van der Waals surface area contributed by atoms with Crippen LogP contribution in [0.1, 0.15) is 0 Å². The number of sulfonamides is 1. The van der Waals surface area contributed by atoms with Crippen molar-refractivity contribution in [2.75, 3.05) is 25.6 Å². The molecule has 1 fully saturated rings. The number of benzene rings is 1. The molecule has 1 aliphatic heterocycles.